The zero-order chi connectivity index (χ0) is 15.4. The van der Waals surface area contributed by atoms with Crippen LogP contribution in [-0.4, -0.2) is 0 Å². The number of rotatable bonds is 0. The van der Waals surface area contributed by atoms with Crippen LogP contribution in [0.4, 0.5) is 0 Å². The molecule has 0 aliphatic carbocycles. The van der Waals surface area contributed by atoms with E-state index in [1.54, 1.807) is 0 Å². The monoisotopic (exact) mass is 312 g/mol. The van der Waals surface area contributed by atoms with Crippen LogP contribution in [0.2, 0.25) is 5.02 Å². The van der Waals surface area contributed by atoms with E-state index in [1.165, 1.54) is 43.1 Å². The zero-order valence-electron chi connectivity index (χ0n) is 12.4. The highest BCUT2D eigenvalue weighted by Gasteiger charge is 2.03. The molecule has 0 atom stereocenters. The molecule has 0 unspecified atom stereocenters. The Morgan fingerprint density at radius 1 is 0.391 bits per heavy atom. The minimum Gasteiger partial charge on any atom is -0.0843 e. The largest absolute Gasteiger partial charge is 0.0843 e. The van der Waals surface area contributed by atoms with Crippen molar-refractivity contribution in [2.75, 3.05) is 0 Å². The first-order chi connectivity index (χ1) is 11.3. The van der Waals surface area contributed by atoms with Crippen LogP contribution in [0.15, 0.2) is 78.9 Å². The van der Waals surface area contributed by atoms with Gasteiger partial charge in [-0.3, -0.25) is 0 Å². The quantitative estimate of drug-likeness (QED) is 0.271. The highest BCUT2D eigenvalue weighted by atomic mass is 35.5. The number of hydrogen-bond donors (Lipinski definition) is 0. The van der Waals surface area contributed by atoms with Gasteiger partial charge in [0, 0.05) is 5.02 Å². The van der Waals surface area contributed by atoms with Crippen LogP contribution in [0.3, 0.4) is 0 Å². The SMILES string of the molecule is Clc1ccc2cc3cc4cc5ccccc5cc4cc3cc2c1. The average molecular weight is 313 g/mol. The highest BCUT2D eigenvalue weighted by molar-refractivity contribution is 6.31. The molecule has 0 bridgehead atoms. The van der Waals surface area contributed by atoms with Gasteiger partial charge in [0.2, 0.25) is 0 Å². The van der Waals surface area contributed by atoms with Gasteiger partial charge in [-0.15, -0.1) is 0 Å². The van der Waals surface area contributed by atoms with Crippen molar-refractivity contribution in [3.05, 3.63) is 83.9 Å². The van der Waals surface area contributed by atoms with Gasteiger partial charge in [0.05, 0.1) is 0 Å². The standard InChI is InChI=1S/C22H13Cl/c23-22-6-5-16-9-19-10-17-7-14-3-1-2-4-15(14)8-18(17)11-20(19)12-21(16)13-22/h1-13H. The highest BCUT2D eigenvalue weighted by Crippen LogP contribution is 2.30. The maximum Gasteiger partial charge on any atom is 0.0412 e. The van der Waals surface area contributed by atoms with Gasteiger partial charge in [-0.25, -0.2) is 0 Å². The third-order valence-electron chi connectivity index (χ3n) is 4.58. The van der Waals surface area contributed by atoms with E-state index in [0.717, 1.165) is 5.02 Å². The second-order valence-corrected chi connectivity index (χ2v) is 6.53. The Bertz CT molecular complexity index is 1220. The first-order valence-corrected chi connectivity index (χ1v) is 8.10. The van der Waals surface area contributed by atoms with Crippen LogP contribution < -0.4 is 0 Å². The Kier molecular flexibility index (Phi) is 2.65. The lowest BCUT2D eigenvalue weighted by Crippen LogP contribution is -1.80. The summed E-state index contributed by atoms with van der Waals surface area (Å²) in [6.45, 7) is 0. The molecule has 23 heavy (non-hydrogen) atoms. The second kappa shape index (κ2) is 4.71. The van der Waals surface area contributed by atoms with E-state index >= 15 is 0 Å². The molecule has 1 heteroatoms. The van der Waals surface area contributed by atoms with Crippen LogP contribution in [0.5, 0.6) is 0 Å². The molecule has 0 aliphatic heterocycles. The van der Waals surface area contributed by atoms with Crippen molar-refractivity contribution in [2.24, 2.45) is 0 Å². The molecule has 0 amide bonds. The Morgan fingerprint density at radius 2 is 0.783 bits per heavy atom. The molecule has 5 rings (SSSR count). The third-order valence-corrected chi connectivity index (χ3v) is 4.81. The average Bonchev–Trinajstić information content (AvgIpc) is 2.56. The molecule has 0 N–H and O–H groups in total. The van der Waals surface area contributed by atoms with Gasteiger partial charge in [-0.05, 0) is 91.6 Å². The molecule has 0 fully saturated rings. The van der Waals surface area contributed by atoms with Crippen LogP contribution in [-0.2, 0) is 0 Å². The maximum atomic E-state index is 6.13. The van der Waals surface area contributed by atoms with Crippen molar-refractivity contribution in [1.82, 2.24) is 0 Å². The van der Waals surface area contributed by atoms with Gasteiger partial charge < -0.3 is 0 Å². The molecule has 0 radical (unpaired) electrons. The Balaban J connectivity index is 1.90. The van der Waals surface area contributed by atoms with Crippen molar-refractivity contribution in [1.29, 1.82) is 0 Å². The molecule has 0 saturated heterocycles. The van der Waals surface area contributed by atoms with E-state index < -0.39 is 0 Å². The summed E-state index contributed by atoms with van der Waals surface area (Å²) in [5, 5.41) is 10.8. The summed E-state index contributed by atoms with van der Waals surface area (Å²) in [4.78, 5) is 0. The first-order valence-electron chi connectivity index (χ1n) is 7.72. The second-order valence-electron chi connectivity index (χ2n) is 6.09. The summed E-state index contributed by atoms with van der Waals surface area (Å²) in [6, 6.07) is 28.1. The lowest BCUT2D eigenvalue weighted by atomic mass is 9.97. The number of halogens is 1. The normalized spacial score (nSPS) is 11.7. The van der Waals surface area contributed by atoms with Crippen LogP contribution in [0.25, 0.3) is 43.1 Å². The molecule has 5 aromatic rings. The fourth-order valence-corrected chi connectivity index (χ4v) is 3.59. The molecule has 108 valence electrons. The molecule has 0 aromatic heterocycles. The lowest BCUT2D eigenvalue weighted by molar-refractivity contribution is 1.77. The number of fused-ring (bicyclic) bond motifs is 4. The zero-order valence-corrected chi connectivity index (χ0v) is 13.1. The van der Waals surface area contributed by atoms with Crippen molar-refractivity contribution < 1.29 is 0 Å². The summed E-state index contributed by atoms with van der Waals surface area (Å²) in [5.41, 5.74) is 0. The predicted octanol–water partition coefficient (Wildman–Crippen LogP) is 6.95. The van der Waals surface area contributed by atoms with Gasteiger partial charge in [0.1, 0.15) is 0 Å². The molecule has 0 aliphatic rings. The molecule has 0 saturated carbocycles. The van der Waals surface area contributed by atoms with Crippen molar-refractivity contribution >= 4 is 54.7 Å². The Labute approximate surface area is 138 Å². The van der Waals surface area contributed by atoms with E-state index in [0.29, 0.717) is 0 Å². The van der Waals surface area contributed by atoms with Gasteiger partial charge >= 0.3 is 0 Å². The summed E-state index contributed by atoms with van der Waals surface area (Å²) < 4.78 is 0. The van der Waals surface area contributed by atoms with E-state index in [4.69, 9.17) is 11.6 Å². The van der Waals surface area contributed by atoms with Crippen LogP contribution in [0.1, 0.15) is 0 Å². The van der Waals surface area contributed by atoms with Crippen molar-refractivity contribution in [3.8, 4) is 0 Å². The molecular weight excluding hydrogens is 300 g/mol. The summed E-state index contributed by atoms with van der Waals surface area (Å²) in [7, 11) is 0. The van der Waals surface area contributed by atoms with E-state index in [1.807, 2.05) is 12.1 Å². The van der Waals surface area contributed by atoms with Crippen LogP contribution in [0, 0.1) is 0 Å². The first kappa shape index (κ1) is 12.9. The Morgan fingerprint density at radius 3 is 1.30 bits per heavy atom. The smallest absolute Gasteiger partial charge is 0.0412 e. The Hall–Kier alpha value is -2.57. The minimum atomic E-state index is 0.781. The van der Waals surface area contributed by atoms with Crippen LogP contribution >= 0.6 is 11.6 Å². The fourth-order valence-electron chi connectivity index (χ4n) is 3.41. The summed E-state index contributed by atoms with van der Waals surface area (Å²) >= 11 is 6.13. The molecular formula is C22H13Cl. The van der Waals surface area contributed by atoms with Gasteiger partial charge in [0.15, 0.2) is 0 Å². The van der Waals surface area contributed by atoms with Gasteiger partial charge in [0.25, 0.3) is 0 Å². The van der Waals surface area contributed by atoms with E-state index in [2.05, 4.69) is 66.7 Å². The van der Waals surface area contributed by atoms with Gasteiger partial charge in [-0.2, -0.15) is 0 Å². The van der Waals surface area contributed by atoms with E-state index in [9.17, 15) is 0 Å². The molecule has 0 spiro atoms. The topological polar surface area (TPSA) is 0 Å². The molecule has 5 aromatic carbocycles. The predicted molar refractivity (Wildman–Crippen MR) is 101 cm³/mol. The summed E-state index contributed by atoms with van der Waals surface area (Å²) in [5.74, 6) is 0. The molecule has 0 nitrogen and oxygen atoms in total. The lowest BCUT2D eigenvalue weighted by Gasteiger charge is -2.07. The maximum absolute atomic E-state index is 6.13. The minimum absolute atomic E-state index is 0.781. The van der Waals surface area contributed by atoms with Crippen molar-refractivity contribution in [3.63, 3.8) is 0 Å². The third kappa shape index (κ3) is 2.07. The molecule has 0 heterocycles. The fraction of sp³-hybridized carbons (Fsp3) is 0. The van der Waals surface area contributed by atoms with Gasteiger partial charge in [-0.1, -0.05) is 41.9 Å². The number of benzene rings is 5. The van der Waals surface area contributed by atoms with Crippen molar-refractivity contribution in [2.45, 2.75) is 0 Å². The summed E-state index contributed by atoms with van der Waals surface area (Å²) in [6.07, 6.45) is 0. The number of hydrogen-bond acceptors (Lipinski definition) is 0. The van der Waals surface area contributed by atoms with E-state index in [-0.39, 0.29) is 0 Å².